The number of amides is 2. The molecule has 210 valence electrons. The van der Waals surface area contributed by atoms with Crippen LogP contribution in [0.3, 0.4) is 0 Å². The van der Waals surface area contributed by atoms with Crippen LogP contribution >= 0.6 is 0 Å². The molecular formula is C35H30N6O2+2. The minimum absolute atomic E-state index is 0.209. The van der Waals surface area contributed by atoms with Crippen molar-refractivity contribution in [3.8, 4) is 0 Å². The molecule has 2 N–H and O–H groups in total. The van der Waals surface area contributed by atoms with Crippen LogP contribution in [-0.4, -0.2) is 21.8 Å². The van der Waals surface area contributed by atoms with Crippen LogP contribution < -0.4 is 30.2 Å². The fourth-order valence-electron chi connectivity index (χ4n) is 5.19. The maximum atomic E-state index is 13.3. The highest BCUT2D eigenvalue weighted by atomic mass is 16.2. The van der Waals surface area contributed by atoms with Crippen LogP contribution in [0.15, 0.2) is 97.3 Å². The first-order chi connectivity index (χ1) is 20.8. The first kappa shape index (κ1) is 27.4. The zero-order valence-electron chi connectivity index (χ0n) is 24.1. The number of para-hydroxylation sites is 2. The first-order valence-corrected chi connectivity index (χ1v) is 13.8. The standard InChI is InChI=1S/C35H28N6O2/c1-5-23-15-17-29(35(43)37-27-19-25-11-7-9-13-31(25)41(4)21-27)39-33(23)32-22(2)14-16-28(38-32)34(42)36-26-18-24-10-6-8-12-30(24)40(3)20-26/h5-21H,2H2,1,3-4H3/p+2/b23-5?,33-32-. The van der Waals surface area contributed by atoms with Gasteiger partial charge in [-0.3, -0.25) is 9.59 Å². The number of benzene rings is 2. The molecule has 0 aliphatic heterocycles. The lowest BCUT2D eigenvalue weighted by atomic mass is 10.2. The van der Waals surface area contributed by atoms with Crippen LogP contribution in [-0.2, 0) is 14.1 Å². The number of nitrogens with zero attached hydrogens (tertiary/aromatic N) is 4. The third-order valence-corrected chi connectivity index (χ3v) is 7.34. The number of aromatic nitrogens is 4. The van der Waals surface area contributed by atoms with Crippen LogP contribution in [0, 0.1) is 10.7 Å². The number of hydrogen-bond donors (Lipinski definition) is 2. The maximum absolute atomic E-state index is 13.3. The Bertz CT molecular complexity index is 2300. The molecule has 4 aromatic heterocycles. The summed E-state index contributed by atoms with van der Waals surface area (Å²) < 4.78 is 3.93. The summed E-state index contributed by atoms with van der Waals surface area (Å²) in [5.74, 6) is -0.723. The van der Waals surface area contributed by atoms with Gasteiger partial charge in [-0.1, -0.05) is 49.1 Å². The molecule has 0 fully saturated rings. The lowest BCUT2D eigenvalue weighted by Crippen LogP contribution is -2.29. The van der Waals surface area contributed by atoms with E-state index in [-0.39, 0.29) is 23.2 Å². The van der Waals surface area contributed by atoms with E-state index in [9.17, 15) is 9.59 Å². The molecule has 0 aliphatic rings. The first-order valence-electron chi connectivity index (χ1n) is 13.8. The van der Waals surface area contributed by atoms with Gasteiger partial charge in [0, 0.05) is 22.9 Å². The van der Waals surface area contributed by atoms with Crippen LogP contribution in [0.25, 0.3) is 34.5 Å². The molecule has 8 heteroatoms. The third-order valence-electron chi connectivity index (χ3n) is 7.34. The fraction of sp³-hybridized carbons (Fsp3) is 0.0857. The number of carbonyl (C=O) groups is 2. The van der Waals surface area contributed by atoms with Crippen LogP contribution in [0.5, 0.6) is 0 Å². The largest absolute Gasteiger partial charge is 0.316 e. The van der Waals surface area contributed by atoms with E-state index in [1.54, 1.807) is 18.2 Å². The topological polar surface area (TPSA) is 91.7 Å². The molecule has 0 saturated heterocycles. The number of fused-ring (bicyclic) bond motifs is 2. The predicted octanol–water partition coefficient (Wildman–Crippen LogP) is 3.43. The van der Waals surface area contributed by atoms with Gasteiger partial charge in [-0.25, -0.2) is 9.97 Å². The summed E-state index contributed by atoms with van der Waals surface area (Å²) in [7, 11) is 3.87. The summed E-state index contributed by atoms with van der Waals surface area (Å²) in [6.07, 6.45) is 5.61. The van der Waals surface area contributed by atoms with E-state index in [1.165, 1.54) is 0 Å². The van der Waals surface area contributed by atoms with Crippen molar-refractivity contribution in [3.05, 3.63) is 130 Å². The average Bonchev–Trinajstić information content (AvgIpc) is 3.01. The Morgan fingerprint density at radius 1 is 0.698 bits per heavy atom. The van der Waals surface area contributed by atoms with Gasteiger partial charge in [0.1, 0.15) is 36.9 Å². The number of anilines is 2. The summed E-state index contributed by atoms with van der Waals surface area (Å²) in [5, 5.41) is 10.2. The molecule has 0 unspecified atom stereocenters. The van der Waals surface area contributed by atoms with E-state index >= 15 is 0 Å². The summed E-state index contributed by atoms with van der Waals surface area (Å²) in [6.45, 7) is 6.01. The van der Waals surface area contributed by atoms with Gasteiger partial charge in [0.15, 0.2) is 12.4 Å². The zero-order valence-corrected chi connectivity index (χ0v) is 24.1. The summed E-state index contributed by atoms with van der Waals surface area (Å²) in [6, 6.07) is 26.6. The van der Waals surface area contributed by atoms with Gasteiger partial charge in [0.25, 0.3) is 11.8 Å². The Hall–Kier alpha value is -5.76. The second-order valence-corrected chi connectivity index (χ2v) is 10.3. The van der Waals surface area contributed by atoms with Crippen molar-refractivity contribution in [2.75, 3.05) is 10.6 Å². The molecule has 2 aromatic carbocycles. The van der Waals surface area contributed by atoms with Crippen molar-refractivity contribution in [3.63, 3.8) is 0 Å². The number of hydrogen-bond acceptors (Lipinski definition) is 4. The molecule has 0 radical (unpaired) electrons. The molecule has 0 saturated carbocycles. The Morgan fingerprint density at radius 2 is 1.19 bits per heavy atom. The normalized spacial score (nSPS) is 12.4. The highest BCUT2D eigenvalue weighted by Crippen LogP contribution is 2.16. The minimum atomic E-state index is -0.364. The van der Waals surface area contributed by atoms with E-state index in [0.717, 1.165) is 27.0 Å². The van der Waals surface area contributed by atoms with E-state index in [4.69, 9.17) is 4.98 Å². The van der Waals surface area contributed by atoms with E-state index in [2.05, 4.69) is 22.2 Å². The van der Waals surface area contributed by atoms with Gasteiger partial charge in [-0.05, 0) is 53.8 Å². The smallest absolute Gasteiger partial charge is 0.274 e. The monoisotopic (exact) mass is 566 g/mol. The number of nitrogens with one attached hydrogen (secondary N) is 2. The Labute approximate surface area is 247 Å². The number of carbonyl (C=O) groups excluding carboxylic acids is 2. The molecule has 2 amide bonds. The van der Waals surface area contributed by atoms with Gasteiger partial charge >= 0.3 is 0 Å². The van der Waals surface area contributed by atoms with E-state index in [0.29, 0.717) is 27.3 Å². The molecule has 6 rings (SSSR count). The van der Waals surface area contributed by atoms with Crippen LogP contribution in [0.4, 0.5) is 11.4 Å². The molecular weight excluding hydrogens is 536 g/mol. The molecule has 0 aliphatic carbocycles. The van der Waals surface area contributed by atoms with Crippen molar-refractivity contribution in [1.82, 2.24) is 9.97 Å². The van der Waals surface area contributed by atoms with Gasteiger partial charge in [0.05, 0.1) is 10.7 Å². The fourth-order valence-corrected chi connectivity index (χ4v) is 5.19. The molecule has 6 aromatic rings. The van der Waals surface area contributed by atoms with E-state index in [1.807, 2.05) is 115 Å². The lowest BCUT2D eigenvalue weighted by molar-refractivity contribution is -0.644. The van der Waals surface area contributed by atoms with Crippen molar-refractivity contribution in [1.29, 1.82) is 0 Å². The molecule has 0 spiro atoms. The molecule has 0 atom stereocenters. The second-order valence-electron chi connectivity index (χ2n) is 10.3. The predicted molar refractivity (Wildman–Crippen MR) is 167 cm³/mol. The maximum Gasteiger partial charge on any atom is 0.274 e. The Balaban J connectivity index is 1.37. The van der Waals surface area contributed by atoms with Crippen molar-refractivity contribution < 1.29 is 18.7 Å². The van der Waals surface area contributed by atoms with Gasteiger partial charge in [-0.2, -0.15) is 9.13 Å². The highest BCUT2D eigenvalue weighted by Gasteiger charge is 2.15. The second kappa shape index (κ2) is 11.3. The third kappa shape index (κ3) is 5.46. The summed E-state index contributed by atoms with van der Waals surface area (Å²) in [5.41, 5.74) is 3.83. The average molecular weight is 567 g/mol. The number of pyridine rings is 4. The molecule has 43 heavy (non-hydrogen) atoms. The van der Waals surface area contributed by atoms with Crippen molar-refractivity contribution in [2.24, 2.45) is 14.1 Å². The van der Waals surface area contributed by atoms with Gasteiger partial charge < -0.3 is 10.6 Å². The van der Waals surface area contributed by atoms with Crippen molar-refractivity contribution in [2.45, 2.75) is 6.92 Å². The summed E-state index contributed by atoms with van der Waals surface area (Å²) >= 11 is 0. The van der Waals surface area contributed by atoms with Gasteiger partial charge in [-0.15, -0.1) is 0 Å². The highest BCUT2D eigenvalue weighted by molar-refractivity contribution is 6.04. The number of rotatable bonds is 4. The molecule has 4 heterocycles. The summed E-state index contributed by atoms with van der Waals surface area (Å²) in [4.78, 5) is 36.0. The van der Waals surface area contributed by atoms with Gasteiger partial charge in [0.2, 0.25) is 11.0 Å². The SMILES string of the molecule is C=c1ccc(C(=O)Nc2cc3ccccc3[n+](C)c2)n/c1=c1\nc(C(=O)Nc2cc3ccccc3[n+](C)c2)ccc1=CC. The quantitative estimate of drug-likeness (QED) is 0.320. The van der Waals surface area contributed by atoms with Crippen molar-refractivity contribution >= 4 is 57.6 Å². The van der Waals surface area contributed by atoms with Crippen LogP contribution in [0.2, 0.25) is 0 Å². The Morgan fingerprint density at radius 3 is 1.72 bits per heavy atom. The van der Waals surface area contributed by atoms with E-state index < -0.39 is 0 Å². The molecule has 8 nitrogen and oxygen atoms in total. The lowest BCUT2D eigenvalue weighted by Gasteiger charge is -2.06. The number of aryl methyl sites for hydroxylation is 2. The Kier molecular flexibility index (Phi) is 7.17. The minimum Gasteiger partial charge on any atom is -0.316 e. The van der Waals surface area contributed by atoms with Crippen LogP contribution in [0.1, 0.15) is 27.9 Å². The zero-order chi connectivity index (χ0) is 30.1. The molecule has 0 bridgehead atoms.